The molecule has 0 saturated carbocycles. The highest BCUT2D eigenvalue weighted by Gasteiger charge is 2.43. The lowest BCUT2D eigenvalue weighted by atomic mass is 9.89. The Hall–Kier alpha value is -5.35. The molecule has 0 saturated heterocycles. The van der Waals surface area contributed by atoms with Gasteiger partial charge >= 0.3 is 17.6 Å². The smallest absolute Gasteiger partial charge is 0.341 e. The second-order valence-electron chi connectivity index (χ2n) is 12.6. The van der Waals surface area contributed by atoms with Crippen LogP contribution in [0.2, 0.25) is 10.0 Å². The minimum absolute atomic E-state index is 0.00167. The lowest BCUT2D eigenvalue weighted by Gasteiger charge is -2.21. The number of nitro groups is 2. The topological polar surface area (TPSA) is 236 Å². The zero-order valence-electron chi connectivity index (χ0n) is 31.4. The van der Waals surface area contributed by atoms with Gasteiger partial charge in [0.15, 0.2) is 17.3 Å². The van der Waals surface area contributed by atoms with Gasteiger partial charge in [0.25, 0.3) is 11.6 Å². The standard InChI is InChI=1S/C15H19N3O3.C13H19N3O4.C8H6Cl2O3/c1-5-9-6-10(13(19)20)11(16-7-9)12-17-14(21)15(4,18-12)8(2)3;1-5-10(6-2)14-12-11(15(17)18)7-8(3)9(4)13(12)16(19)20;1-13-7-5(10)3-2-4(9)6(7)8(11)12/h6-8H,5H2,1-4H3,(H,19,20)(H,17,18,21);7,10,14H,5-6H2,1-4H3;2-3H,1H3,(H,11,12). The number of hydrogen-bond donors (Lipinski definition) is 4. The van der Waals surface area contributed by atoms with Crippen LogP contribution >= 0.6 is 23.2 Å². The summed E-state index contributed by atoms with van der Waals surface area (Å²) in [5.41, 5.74) is 0.638. The second-order valence-corrected chi connectivity index (χ2v) is 13.4. The number of aliphatic imine (C=N–C) groups is 1. The number of amides is 1. The lowest BCUT2D eigenvalue weighted by molar-refractivity contribution is -0.392. The first-order chi connectivity index (χ1) is 25.2. The van der Waals surface area contributed by atoms with E-state index in [-0.39, 0.29) is 73.4 Å². The minimum atomic E-state index is -1.16. The summed E-state index contributed by atoms with van der Waals surface area (Å²) in [4.78, 5) is 64.2. The zero-order valence-corrected chi connectivity index (χ0v) is 32.9. The molecule has 0 aliphatic carbocycles. The molecule has 1 aliphatic heterocycles. The van der Waals surface area contributed by atoms with Crippen molar-refractivity contribution in [2.45, 2.75) is 86.2 Å². The van der Waals surface area contributed by atoms with Crippen LogP contribution in [0.5, 0.6) is 5.75 Å². The molecule has 1 atom stereocenters. The third kappa shape index (κ3) is 10.2. The zero-order chi connectivity index (χ0) is 41.2. The maximum absolute atomic E-state index is 12.1. The number of carboxylic acids is 2. The number of carbonyl (C=O) groups excluding carboxylic acids is 1. The number of nitrogens with one attached hydrogen (secondary N) is 2. The number of ether oxygens (including phenoxy) is 1. The highest BCUT2D eigenvalue weighted by molar-refractivity contribution is 6.37. The predicted molar refractivity (Wildman–Crippen MR) is 206 cm³/mol. The summed E-state index contributed by atoms with van der Waals surface area (Å²) < 4.78 is 4.82. The maximum Gasteiger partial charge on any atom is 0.341 e. The third-order valence-electron chi connectivity index (χ3n) is 8.95. The molecule has 18 heteroatoms. The molecular weight excluding hydrogens is 747 g/mol. The number of anilines is 1. The van der Waals surface area contributed by atoms with Gasteiger partial charge in [-0.25, -0.2) is 14.6 Å². The van der Waals surface area contributed by atoms with Crippen LogP contribution in [0.4, 0.5) is 17.1 Å². The van der Waals surface area contributed by atoms with Crippen molar-refractivity contribution < 1.29 is 39.2 Å². The number of aryl methyl sites for hydroxylation is 2. The van der Waals surface area contributed by atoms with E-state index < -0.39 is 27.3 Å². The van der Waals surface area contributed by atoms with E-state index in [0.29, 0.717) is 17.5 Å². The van der Waals surface area contributed by atoms with Crippen molar-refractivity contribution in [1.82, 2.24) is 10.3 Å². The summed E-state index contributed by atoms with van der Waals surface area (Å²) in [5.74, 6) is -2.16. The number of halogens is 2. The number of hydrogen-bond acceptors (Lipinski definition) is 11. The van der Waals surface area contributed by atoms with Crippen molar-refractivity contribution >= 4 is 63.9 Å². The normalized spacial score (nSPS) is 14.6. The number of nitrogens with zero attached hydrogens (tertiary/aromatic N) is 4. The summed E-state index contributed by atoms with van der Waals surface area (Å²) in [6.45, 7) is 14.6. The van der Waals surface area contributed by atoms with Gasteiger partial charge in [0, 0.05) is 23.9 Å². The quantitative estimate of drug-likeness (QED) is 0.101. The number of amidine groups is 1. The van der Waals surface area contributed by atoms with Gasteiger partial charge in [0.1, 0.15) is 16.8 Å². The Morgan fingerprint density at radius 3 is 2.04 bits per heavy atom. The SMILES string of the molecule is CCC(CC)Nc1c([N+](=O)[O-])cc(C)c(C)c1[N+](=O)[O-].CCc1cnc(C2=NC(C)(C(C)C)C(=O)N2)c(C(=O)O)c1.COc1c(Cl)ccc(Cl)c1C(=O)O. The van der Waals surface area contributed by atoms with Gasteiger partial charge in [0.05, 0.1) is 32.6 Å². The van der Waals surface area contributed by atoms with Gasteiger partial charge < -0.3 is 25.6 Å². The molecule has 1 amide bonds. The summed E-state index contributed by atoms with van der Waals surface area (Å²) in [7, 11) is 1.34. The number of methoxy groups -OCH3 is 1. The summed E-state index contributed by atoms with van der Waals surface area (Å²) in [6.07, 6.45) is 3.77. The van der Waals surface area contributed by atoms with Gasteiger partial charge in [0.2, 0.25) is 0 Å². The molecule has 16 nitrogen and oxygen atoms in total. The van der Waals surface area contributed by atoms with Gasteiger partial charge in [-0.05, 0) is 75.3 Å². The van der Waals surface area contributed by atoms with E-state index in [9.17, 15) is 39.7 Å². The van der Waals surface area contributed by atoms with E-state index >= 15 is 0 Å². The van der Waals surface area contributed by atoms with E-state index in [1.807, 2.05) is 34.6 Å². The first-order valence-electron chi connectivity index (χ1n) is 16.8. The van der Waals surface area contributed by atoms with Crippen molar-refractivity contribution in [3.63, 3.8) is 0 Å². The van der Waals surface area contributed by atoms with Crippen molar-refractivity contribution in [1.29, 1.82) is 0 Å². The van der Waals surface area contributed by atoms with Crippen LogP contribution in [0.25, 0.3) is 0 Å². The molecule has 4 rings (SSSR count). The summed E-state index contributed by atoms with van der Waals surface area (Å²) >= 11 is 11.4. The fraction of sp³-hybridized carbons (Fsp3) is 0.417. The van der Waals surface area contributed by atoms with Gasteiger partial charge in [-0.3, -0.25) is 30.0 Å². The number of benzene rings is 2. The van der Waals surface area contributed by atoms with Gasteiger partial charge in [-0.1, -0.05) is 57.8 Å². The number of carboxylic acid groups (broad SMARTS) is 2. The van der Waals surface area contributed by atoms with Crippen LogP contribution in [0, 0.1) is 40.0 Å². The number of rotatable bonds is 12. The molecule has 0 bridgehead atoms. The summed E-state index contributed by atoms with van der Waals surface area (Å²) in [5, 5.41) is 46.5. The number of aromatic nitrogens is 1. The Balaban J connectivity index is 0.000000288. The number of aromatic carboxylic acids is 2. The van der Waals surface area contributed by atoms with Crippen molar-refractivity contribution in [2.24, 2.45) is 10.9 Å². The molecular formula is C36H44Cl2N6O10. The minimum Gasteiger partial charge on any atom is -0.494 e. The molecule has 0 radical (unpaired) electrons. The maximum atomic E-state index is 12.1. The first kappa shape index (κ1) is 44.8. The third-order valence-corrected chi connectivity index (χ3v) is 9.56. The largest absolute Gasteiger partial charge is 0.494 e. The highest BCUT2D eigenvalue weighted by atomic mass is 35.5. The van der Waals surface area contributed by atoms with Gasteiger partial charge in [-0.2, -0.15) is 0 Å². The number of carbonyl (C=O) groups is 3. The van der Waals surface area contributed by atoms with E-state index in [1.54, 1.807) is 33.0 Å². The molecule has 0 fully saturated rings. The predicted octanol–water partition coefficient (Wildman–Crippen LogP) is 8.05. The number of pyridine rings is 1. The molecule has 1 unspecified atom stereocenters. The fourth-order valence-electron chi connectivity index (χ4n) is 5.13. The second kappa shape index (κ2) is 19.1. The molecule has 2 heterocycles. The van der Waals surface area contributed by atoms with Crippen molar-refractivity contribution in [3.8, 4) is 5.75 Å². The Bertz CT molecular complexity index is 1970. The molecule has 3 aromatic rings. The Morgan fingerprint density at radius 1 is 1.02 bits per heavy atom. The molecule has 292 valence electrons. The average molecular weight is 792 g/mol. The monoisotopic (exact) mass is 790 g/mol. The van der Waals surface area contributed by atoms with Crippen molar-refractivity contribution in [3.05, 3.63) is 94.2 Å². The van der Waals surface area contributed by atoms with Crippen LogP contribution in [0.15, 0.2) is 35.5 Å². The van der Waals surface area contributed by atoms with Crippen molar-refractivity contribution in [2.75, 3.05) is 12.4 Å². The van der Waals surface area contributed by atoms with Crippen LogP contribution < -0.4 is 15.4 Å². The Morgan fingerprint density at radius 2 is 1.61 bits per heavy atom. The molecule has 0 spiro atoms. The average Bonchev–Trinajstić information content (AvgIpc) is 3.43. The molecule has 1 aliphatic rings. The molecule has 2 aromatic carbocycles. The van der Waals surface area contributed by atoms with E-state index in [4.69, 9.17) is 33.0 Å². The van der Waals surface area contributed by atoms with Crippen LogP contribution in [0.3, 0.4) is 0 Å². The van der Waals surface area contributed by atoms with Crippen LogP contribution in [-0.4, -0.2) is 67.4 Å². The fourth-order valence-corrected chi connectivity index (χ4v) is 5.59. The summed E-state index contributed by atoms with van der Waals surface area (Å²) in [6, 6.07) is 5.82. The Labute approximate surface area is 322 Å². The van der Waals surface area contributed by atoms with Crippen LogP contribution in [-0.2, 0) is 11.2 Å². The lowest BCUT2D eigenvalue weighted by Crippen LogP contribution is -2.41. The Kier molecular flexibility index (Phi) is 15.9. The van der Waals surface area contributed by atoms with E-state index in [2.05, 4.69) is 20.6 Å². The molecule has 4 N–H and O–H groups in total. The first-order valence-corrected chi connectivity index (χ1v) is 17.5. The molecule has 54 heavy (non-hydrogen) atoms. The van der Waals surface area contributed by atoms with Crippen LogP contribution in [0.1, 0.15) is 97.5 Å². The van der Waals surface area contributed by atoms with Gasteiger partial charge in [-0.15, -0.1) is 0 Å². The highest BCUT2D eigenvalue weighted by Crippen LogP contribution is 2.40. The van der Waals surface area contributed by atoms with E-state index in [1.165, 1.54) is 25.3 Å². The van der Waals surface area contributed by atoms with E-state index in [0.717, 1.165) is 18.4 Å². The molecule has 1 aromatic heterocycles. The number of nitro benzene ring substituents is 2.